The van der Waals surface area contributed by atoms with Gasteiger partial charge in [-0.3, -0.25) is 4.79 Å². The van der Waals surface area contributed by atoms with Crippen LogP contribution in [0.4, 0.5) is 0 Å². The van der Waals surface area contributed by atoms with E-state index in [4.69, 9.17) is 5.11 Å². The fourth-order valence-electron chi connectivity index (χ4n) is 2.12. The number of carboxylic acids is 1. The predicted octanol–water partition coefficient (Wildman–Crippen LogP) is 3.40. The molecular formula is C15H17BrN2O2. The number of benzene rings is 1. The Morgan fingerprint density at radius 1 is 1.40 bits per heavy atom. The van der Waals surface area contributed by atoms with E-state index in [0.717, 1.165) is 28.1 Å². The van der Waals surface area contributed by atoms with Crippen LogP contribution in [0.5, 0.6) is 0 Å². The van der Waals surface area contributed by atoms with E-state index in [0.29, 0.717) is 6.42 Å². The molecule has 0 spiro atoms. The van der Waals surface area contributed by atoms with Gasteiger partial charge in [0.05, 0.1) is 12.1 Å². The molecule has 106 valence electrons. The third kappa shape index (κ3) is 3.70. The smallest absolute Gasteiger partial charge is 0.303 e. The molecule has 0 fully saturated rings. The van der Waals surface area contributed by atoms with Crippen LogP contribution in [0.2, 0.25) is 0 Å². The molecule has 0 bridgehead atoms. The Labute approximate surface area is 126 Å². The van der Waals surface area contributed by atoms with Crippen LogP contribution in [0.3, 0.4) is 0 Å². The second-order valence-electron chi connectivity index (χ2n) is 4.90. The van der Waals surface area contributed by atoms with Crippen molar-refractivity contribution in [3.8, 4) is 0 Å². The zero-order chi connectivity index (χ0) is 14.7. The minimum Gasteiger partial charge on any atom is -0.481 e. The van der Waals surface area contributed by atoms with Gasteiger partial charge in [-0.1, -0.05) is 22.0 Å². The van der Waals surface area contributed by atoms with Crippen molar-refractivity contribution in [2.45, 2.75) is 33.1 Å². The van der Waals surface area contributed by atoms with Crippen molar-refractivity contribution in [3.63, 3.8) is 0 Å². The Kier molecular flexibility index (Phi) is 4.60. The Morgan fingerprint density at radius 2 is 2.15 bits per heavy atom. The van der Waals surface area contributed by atoms with Crippen LogP contribution in [0.25, 0.3) is 0 Å². The lowest BCUT2D eigenvalue weighted by atomic mass is 10.0. The molecule has 4 nitrogen and oxygen atoms in total. The summed E-state index contributed by atoms with van der Waals surface area (Å²) in [6.07, 6.45) is 1.30. The summed E-state index contributed by atoms with van der Waals surface area (Å²) in [5, 5.41) is 8.70. The van der Waals surface area contributed by atoms with Gasteiger partial charge in [-0.15, -0.1) is 0 Å². The van der Waals surface area contributed by atoms with E-state index >= 15 is 0 Å². The molecular weight excluding hydrogens is 320 g/mol. The van der Waals surface area contributed by atoms with Crippen molar-refractivity contribution >= 4 is 21.9 Å². The van der Waals surface area contributed by atoms with E-state index < -0.39 is 5.97 Å². The Balaban J connectivity index is 2.15. The number of carbonyl (C=O) groups is 1. The molecule has 20 heavy (non-hydrogen) atoms. The average molecular weight is 337 g/mol. The van der Waals surface area contributed by atoms with E-state index in [2.05, 4.69) is 45.0 Å². The van der Waals surface area contributed by atoms with Crippen molar-refractivity contribution < 1.29 is 9.90 Å². The van der Waals surface area contributed by atoms with E-state index in [1.165, 1.54) is 11.1 Å². The summed E-state index contributed by atoms with van der Waals surface area (Å²) in [6, 6.07) is 6.20. The van der Waals surface area contributed by atoms with Gasteiger partial charge in [-0.2, -0.15) is 0 Å². The predicted molar refractivity (Wildman–Crippen MR) is 81.0 cm³/mol. The van der Waals surface area contributed by atoms with Gasteiger partial charge in [0.15, 0.2) is 0 Å². The molecule has 0 aliphatic carbocycles. The SMILES string of the molecule is Cc1cc(Br)ccc1Cc1nc(CCC(=O)O)[nH]c1C. The largest absolute Gasteiger partial charge is 0.481 e. The Morgan fingerprint density at radius 3 is 2.80 bits per heavy atom. The normalized spacial score (nSPS) is 10.8. The maximum absolute atomic E-state index is 10.6. The van der Waals surface area contributed by atoms with Crippen molar-refractivity contribution in [1.82, 2.24) is 9.97 Å². The topological polar surface area (TPSA) is 66.0 Å². The van der Waals surface area contributed by atoms with Crippen LogP contribution in [-0.4, -0.2) is 21.0 Å². The monoisotopic (exact) mass is 336 g/mol. The molecule has 0 aliphatic rings. The van der Waals surface area contributed by atoms with Crippen LogP contribution in [0.15, 0.2) is 22.7 Å². The van der Waals surface area contributed by atoms with E-state index in [-0.39, 0.29) is 6.42 Å². The number of aromatic amines is 1. The first-order valence-corrected chi connectivity index (χ1v) is 7.26. The third-order valence-corrected chi connectivity index (χ3v) is 3.77. The first-order valence-electron chi connectivity index (χ1n) is 6.47. The molecule has 5 heteroatoms. The minimum atomic E-state index is -0.802. The number of aliphatic carboxylic acids is 1. The molecule has 0 radical (unpaired) electrons. The van der Waals surface area contributed by atoms with Gasteiger partial charge < -0.3 is 10.1 Å². The van der Waals surface area contributed by atoms with Crippen LogP contribution in [0.1, 0.15) is 34.8 Å². The number of halogens is 1. The molecule has 2 N–H and O–H groups in total. The number of nitrogens with one attached hydrogen (secondary N) is 1. The van der Waals surface area contributed by atoms with Crippen LogP contribution < -0.4 is 0 Å². The van der Waals surface area contributed by atoms with Gasteiger partial charge in [0.1, 0.15) is 5.82 Å². The summed E-state index contributed by atoms with van der Waals surface area (Å²) in [6.45, 7) is 4.05. The summed E-state index contributed by atoms with van der Waals surface area (Å²) >= 11 is 3.46. The van der Waals surface area contributed by atoms with Gasteiger partial charge in [0.2, 0.25) is 0 Å². The number of H-pyrrole nitrogens is 1. The maximum Gasteiger partial charge on any atom is 0.303 e. The fraction of sp³-hybridized carbons (Fsp3) is 0.333. The minimum absolute atomic E-state index is 0.101. The number of hydrogen-bond acceptors (Lipinski definition) is 2. The molecule has 0 atom stereocenters. The summed E-state index contributed by atoms with van der Waals surface area (Å²) in [7, 11) is 0. The fourth-order valence-corrected chi connectivity index (χ4v) is 2.59. The number of imidazole rings is 1. The molecule has 2 rings (SSSR count). The number of rotatable bonds is 5. The summed E-state index contributed by atoms with van der Waals surface area (Å²) in [5.41, 5.74) is 4.44. The van der Waals surface area contributed by atoms with Crippen LogP contribution in [0, 0.1) is 13.8 Å². The lowest BCUT2D eigenvalue weighted by Crippen LogP contribution is -1.99. The van der Waals surface area contributed by atoms with E-state index in [1.54, 1.807) is 0 Å². The molecule has 0 aliphatic heterocycles. The summed E-state index contributed by atoms with van der Waals surface area (Å²) < 4.78 is 1.07. The number of aryl methyl sites for hydroxylation is 3. The van der Waals surface area contributed by atoms with E-state index in [1.807, 2.05) is 13.0 Å². The zero-order valence-electron chi connectivity index (χ0n) is 11.5. The second kappa shape index (κ2) is 6.22. The summed E-state index contributed by atoms with van der Waals surface area (Å²) in [4.78, 5) is 18.3. The van der Waals surface area contributed by atoms with Gasteiger partial charge in [0.25, 0.3) is 0 Å². The molecule has 1 heterocycles. The maximum atomic E-state index is 10.6. The van der Waals surface area contributed by atoms with Crippen LogP contribution in [-0.2, 0) is 17.6 Å². The molecule has 1 aromatic carbocycles. The van der Waals surface area contributed by atoms with Crippen molar-refractivity contribution in [3.05, 3.63) is 51.0 Å². The average Bonchev–Trinajstić information content (AvgIpc) is 2.71. The number of hydrogen-bond donors (Lipinski definition) is 2. The highest BCUT2D eigenvalue weighted by Crippen LogP contribution is 2.19. The highest BCUT2D eigenvalue weighted by atomic mass is 79.9. The van der Waals surface area contributed by atoms with Gasteiger partial charge in [-0.25, -0.2) is 4.98 Å². The zero-order valence-corrected chi connectivity index (χ0v) is 13.1. The molecule has 0 amide bonds. The van der Waals surface area contributed by atoms with Crippen LogP contribution >= 0.6 is 15.9 Å². The van der Waals surface area contributed by atoms with Crippen molar-refractivity contribution in [2.75, 3.05) is 0 Å². The Bertz CT molecular complexity index is 635. The molecule has 2 aromatic rings. The quantitative estimate of drug-likeness (QED) is 0.879. The molecule has 0 saturated heterocycles. The first-order chi connectivity index (χ1) is 9.45. The number of nitrogens with zero attached hydrogens (tertiary/aromatic N) is 1. The van der Waals surface area contributed by atoms with Crippen molar-refractivity contribution in [1.29, 1.82) is 0 Å². The number of carboxylic acid groups (broad SMARTS) is 1. The van der Waals surface area contributed by atoms with E-state index in [9.17, 15) is 4.79 Å². The lowest BCUT2D eigenvalue weighted by Gasteiger charge is -2.05. The molecule has 0 saturated carbocycles. The number of aromatic nitrogens is 2. The van der Waals surface area contributed by atoms with Crippen molar-refractivity contribution in [2.24, 2.45) is 0 Å². The summed E-state index contributed by atoms with van der Waals surface area (Å²) in [5.74, 6) is -0.0565. The first kappa shape index (κ1) is 14.8. The van der Waals surface area contributed by atoms with Gasteiger partial charge in [-0.05, 0) is 37.1 Å². The highest BCUT2D eigenvalue weighted by Gasteiger charge is 2.10. The third-order valence-electron chi connectivity index (χ3n) is 3.27. The van der Waals surface area contributed by atoms with Gasteiger partial charge >= 0.3 is 5.97 Å². The standard InChI is InChI=1S/C15H17BrN2O2/c1-9-7-12(16)4-3-11(9)8-13-10(2)17-14(18-13)5-6-15(19)20/h3-4,7H,5-6,8H2,1-2H3,(H,17,18)(H,19,20). The highest BCUT2D eigenvalue weighted by molar-refractivity contribution is 9.10. The van der Waals surface area contributed by atoms with Gasteiger partial charge in [0, 0.05) is 23.0 Å². The molecule has 0 unspecified atom stereocenters. The molecule has 1 aromatic heterocycles. The second-order valence-corrected chi connectivity index (χ2v) is 5.81. The Hall–Kier alpha value is -1.62. The lowest BCUT2D eigenvalue weighted by molar-refractivity contribution is -0.137.